The Hall–Kier alpha value is -4.86. The van der Waals surface area contributed by atoms with Crippen molar-refractivity contribution < 1.29 is 42.9 Å². The molecule has 2 aromatic carbocycles. The monoisotopic (exact) mass is 549 g/mol. The van der Waals surface area contributed by atoms with Crippen LogP contribution in [0.2, 0.25) is 0 Å². The number of allylic oxidation sites excluding steroid dienone is 1. The number of methoxy groups -OCH3 is 2. The fourth-order valence-electron chi connectivity index (χ4n) is 4.07. The van der Waals surface area contributed by atoms with Crippen LogP contribution >= 0.6 is 0 Å². The van der Waals surface area contributed by atoms with E-state index in [4.69, 9.17) is 23.7 Å². The minimum absolute atomic E-state index is 0.0158. The van der Waals surface area contributed by atoms with Gasteiger partial charge in [0.05, 0.1) is 44.5 Å². The highest BCUT2D eigenvalue weighted by Crippen LogP contribution is 2.41. The summed E-state index contributed by atoms with van der Waals surface area (Å²) in [7, 11) is 2.69. The van der Waals surface area contributed by atoms with Crippen LogP contribution in [-0.4, -0.2) is 56.1 Å². The van der Waals surface area contributed by atoms with Crippen LogP contribution in [0.1, 0.15) is 42.6 Å². The molecule has 0 saturated carbocycles. The normalized spacial score (nSPS) is 13.3. The molecule has 0 radical (unpaired) electrons. The Morgan fingerprint density at radius 1 is 0.850 bits per heavy atom. The van der Waals surface area contributed by atoms with Crippen molar-refractivity contribution >= 4 is 23.8 Å². The summed E-state index contributed by atoms with van der Waals surface area (Å²) in [5, 5.41) is 0. The summed E-state index contributed by atoms with van der Waals surface area (Å²) in [4.78, 5) is 53.2. The molecule has 0 saturated heterocycles. The highest BCUT2D eigenvalue weighted by atomic mass is 16.6. The molecular formula is C30H31NO9. The van der Waals surface area contributed by atoms with E-state index in [9.17, 15) is 19.2 Å². The molecule has 0 unspecified atom stereocenters. The molecule has 0 aromatic heterocycles. The van der Waals surface area contributed by atoms with Crippen LogP contribution in [0.3, 0.4) is 0 Å². The van der Waals surface area contributed by atoms with Gasteiger partial charge in [-0.1, -0.05) is 36.4 Å². The Labute approximate surface area is 232 Å². The van der Waals surface area contributed by atoms with Gasteiger partial charge in [-0.2, -0.15) is 0 Å². The molecule has 1 aliphatic rings. The standard InChI is InChI=1S/C30H31NO9/c1-6-12-25(32)40-27-23(36-4)15-20(16-24(27)37-5)28(33)31-17-21(29(34)38-7-2)26(19-13-10-9-11-14-19)22(18-31)30(35)39-8-3/h6,9-18,26H,7-8H2,1-5H3/b12-6+. The van der Waals surface area contributed by atoms with Gasteiger partial charge in [0.25, 0.3) is 5.91 Å². The molecule has 0 aliphatic carbocycles. The number of ether oxygens (including phenoxy) is 5. The van der Waals surface area contributed by atoms with Gasteiger partial charge in [-0.15, -0.1) is 0 Å². The van der Waals surface area contributed by atoms with Gasteiger partial charge in [0.1, 0.15) is 0 Å². The maximum absolute atomic E-state index is 13.8. The summed E-state index contributed by atoms with van der Waals surface area (Å²) in [6, 6.07) is 11.6. The van der Waals surface area contributed by atoms with Gasteiger partial charge < -0.3 is 23.7 Å². The van der Waals surface area contributed by atoms with Gasteiger partial charge in [0.15, 0.2) is 11.5 Å². The number of amides is 1. The summed E-state index contributed by atoms with van der Waals surface area (Å²) in [5.41, 5.74) is 0.853. The van der Waals surface area contributed by atoms with Crippen LogP contribution in [0, 0.1) is 0 Å². The maximum Gasteiger partial charge on any atom is 0.336 e. The third-order valence-corrected chi connectivity index (χ3v) is 5.78. The molecule has 0 atom stereocenters. The fourth-order valence-corrected chi connectivity index (χ4v) is 4.07. The molecule has 3 rings (SSSR count). The Kier molecular flexibility index (Phi) is 10.2. The highest BCUT2D eigenvalue weighted by Gasteiger charge is 2.37. The second-order valence-electron chi connectivity index (χ2n) is 8.30. The first-order valence-corrected chi connectivity index (χ1v) is 12.5. The number of esters is 3. The van der Waals surface area contributed by atoms with E-state index in [1.807, 2.05) is 6.07 Å². The van der Waals surface area contributed by atoms with E-state index in [1.165, 1.54) is 50.9 Å². The van der Waals surface area contributed by atoms with E-state index < -0.39 is 29.7 Å². The van der Waals surface area contributed by atoms with E-state index in [-0.39, 0.29) is 47.2 Å². The van der Waals surface area contributed by atoms with Gasteiger partial charge in [-0.05, 0) is 38.5 Å². The first-order chi connectivity index (χ1) is 19.3. The Bertz CT molecular complexity index is 1300. The highest BCUT2D eigenvalue weighted by molar-refractivity contribution is 6.03. The lowest BCUT2D eigenvalue weighted by molar-refractivity contribution is -0.139. The maximum atomic E-state index is 13.8. The zero-order chi connectivity index (χ0) is 29.2. The van der Waals surface area contributed by atoms with Gasteiger partial charge in [-0.3, -0.25) is 9.69 Å². The number of carbonyl (C=O) groups excluding carboxylic acids is 4. The predicted octanol–water partition coefficient (Wildman–Crippen LogP) is 4.32. The Morgan fingerprint density at radius 2 is 1.38 bits per heavy atom. The summed E-state index contributed by atoms with van der Waals surface area (Å²) < 4.78 is 26.7. The lowest BCUT2D eigenvalue weighted by Crippen LogP contribution is -2.32. The number of nitrogens with zero attached hydrogens (tertiary/aromatic N) is 1. The third kappa shape index (κ3) is 6.58. The average molecular weight is 550 g/mol. The van der Waals surface area contributed by atoms with Gasteiger partial charge in [-0.25, -0.2) is 14.4 Å². The zero-order valence-corrected chi connectivity index (χ0v) is 23.0. The topological polar surface area (TPSA) is 118 Å². The Morgan fingerprint density at radius 3 is 1.82 bits per heavy atom. The van der Waals surface area contributed by atoms with Crippen LogP contribution in [-0.2, 0) is 23.9 Å². The molecule has 1 aliphatic heterocycles. The lowest BCUT2D eigenvalue weighted by atomic mass is 9.83. The number of hydrogen-bond donors (Lipinski definition) is 0. The summed E-state index contributed by atoms with van der Waals surface area (Å²) in [5.74, 6) is -3.40. The van der Waals surface area contributed by atoms with E-state index >= 15 is 0 Å². The van der Waals surface area contributed by atoms with Crippen molar-refractivity contribution in [3.8, 4) is 17.2 Å². The molecule has 0 bridgehead atoms. The van der Waals surface area contributed by atoms with E-state index in [1.54, 1.807) is 45.0 Å². The molecule has 10 heteroatoms. The lowest BCUT2D eigenvalue weighted by Gasteiger charge is -2.29. The van der Waals surface area contributed by atoms with Gasteiger partial charge >= 0.3 is 17.9 Å². The molecule has 0 N–H and O–H groups in total. The summed E-state index contributed by atoms with van der Waals surface area (Å²) in [6.45, 7) is 5.16. The second kappa shape index (κ2) is 13.8. The van der Waals surface area contributed by atoms with Crippen molar-refractivity contribution in [2.45, 2.75) is 26.7 Å². The van der Waals surface area contributed by atoms with Crippen LogP contribution < -0.4 is 14.2 Å². The van der Waals surface area contributed by atoms with Crippen molar-refractivity contribution in [3.05, 3.63) is 89.3 Å². The molecule has 2 aromatic rings. The predicted molar refractivity (Wildman–Crippen MR) is 145 cm³/mol. The SMILES string of the molecule is C/C=C/C(=O)Oc1c(OC)cc(C(=O)N2C=C(C(=O)OCC)C(c3ccccc3)C(C(=O)OCC)=C2)cc1OC. The van der Waals surface area contributed by atoms with Gasteiger partial charge in [0, 0.05) is 24.0 Å². The fraction of sp³-hybridized carbons (Fsp3) is 0.267. The van der Waals surface area contributed by atoms with E-state index in [0.717, 1.165) is 4.90 Å². The third-order valence-electron chi connectivity index (χ3n) is 5.78. The molecule has 0 fully saturated rings. The van der Waals surface area contributed by atoms with E-state index in [2.05, 4.69) is 0 Å². The number of hydrogen-bond acceptors (Lipinski definition) is 9. The van der Waals surface area contributed by atoms with Crippen LogP contribution in [0.25, 0.3) is 0 Å². The first kappa shape index (κ1) is 29.7. The molecule has 40 heavy (non-hydrogen) atoms. The zero-order valence-electron chi connectivity index (χ0n) is 23.0. The number of benzene rings is 2. The molecular weight excluding hydrogens is 518 g/mol. The van der Waals surface area contributed by atoms with Crippen molar-refractivity contribution in [1.29, 1.82) is 0 Å². The quantitative estimate of drug-likeness (QED) is 0.243. The minimum atomic E-state index is -0.833. The van der Waals surface area contributed by atoms with Crippen molar-refractivity contribution in [1.82, 2.24) is 4.90 Å². The van der Waals surface area contributed by atoms with Crippen molar-refractivity contribution in [2.24, 2.45) is 0 Å². The molecule has 210 valence electrons. The van der Waals surface area contributed by atoms with E-state index in [0.29, 0.717) is 5.56 Å². The smallest absolute Gasteiger partial charge is 0.336 e. The number of carbonyl (C=O) groups is 4. The first-order valence-electron chi connectivity index (χ1n) is 12.5. The molecule has 0 spiro atoms. The van der Waals surface area contributed by atoms with Crippen LogP contribution in [0.4, 0.5) is 0 Å². The summed E-state index contributed by atoms with van der Waals surface area (Å²) in [6.07, 6.45) is 5.40. The van der Waals surface area contributed by atoms with Crippen molar-refractivity contribution in [3.63, 3.8) is 0 Å². The van der Waals surface area contributed by atoms with Crippen LogP contribution in [0.15, 0.2) is 78.2 Å². The minimum Gasteiger partial charge on any atom is -0.493 e. The van der Waals surface area contributed by atoms with Crippen molar-refractivity contribution in [2.75, 3.05) is 27.4 Å². The largest absolute Gasteiger partial charge is 0.493 e. The van der Waals surface area contributed by atoms with Gasteiger partial charge in [0.2, 0.25) is 5.75 Å². The van der Waals surface area contributed by atoms with Crippen LogP contribution in [0.5, 0.6) is 17.2 Å². The molecule has 1 heterocycles. The second-order valence-corrected chi connectivity index (χ2v) is 8.30. The average Bonchev–Trinajstić information content (AvgIpc) is 2.96. The molecule has 1 amide bonds. The summed E-state index contributed by atoms with van der Waals surface area (Å²) >= 11 is 0. The Balaban J connectivity index is 2.15. The number of rotatable bonds is 10. The molecule has 10 nitrogen and oxygen atoms in total.